The van der Waals surface area contributed by atoms with Crippen molar-refractivity contribution >= 4 is 34.4 Å². The molecule has 1 atom stereocenters. The van der Waals surface area contributed by atoms with Gasteiger partial charge in [-0.2, -0.15) is 11.3 Å². The Morgan fingerprint density at radius 2 is 1.88 bits per heavy atom. The van der Waals surface area contributed by atoms with E-state index in [4.69, 9.17) is 0 Å². The number of ketones is 1. The zero-order valence-electron chi connectivity index (χ0n) is 13.9. The maximum atomic E-state index is 12.5. The molecule has 0 aliphatic carbocycles. The van der Waals surface area contributed by atoms with Gasteiger partial charge in [0, 0.05) is 15.8 Å². The summed E-state index contributed by atoms with van der Waals surface area (Å²) in [4.78, 5) is 26.5. The fourth-order valence-electron chi connectivity index (χ4n) is 2.69. The summed E-state index contributed by atoms with van der Waals surface area (Å²) in [5.41, 5.74) is 1.75. The molecule has 0 spiro atoms. The highest BCUT2D eigenvalue weighted by molar-refractivity contribution is 7.14. The van der Waals surface area contributed by atoms with Crippen molar-refractivity contribution in [2.45, 2.75) is 25.8 Å². The first-order valence-corrected chi connectivity index (χ1v) is 9.93. The number of amides is 1. The van der Waals surface area contributed by atoms with Gasteiger partial charge in [0.25, 0.3) is 0 Å². The lowest BCUT2D eigenvalue weighted by Gasteiger charge is -2.15. The van der Waals surface area contributed by atoms with E-state index >= 15 is 0 Å². The van der Waals surface area contributed by atoms with Crippen LogP contribution < -0.4 is 5.32 Å². The fraction of sp³-hybridized carbons (Fsp3) is 0.200. The molecule has 0 aliphatic rings. The highest BCUT2D eigenvalue weighted by Gasteiger charge is 2.18. The van der Waals surface area contributed by atoms with Gasteiger partial charge in [-0.15, -0.1) is 11.3 Å². The standard InChI is InChI=1S/C20H19NO2S2/c1-2-17(14-6-4-3-5-7-14)20(23)21-12-16-8-9-18(25-16)19(22)15-10-11-24-13-15/h3-11,13,17H,2,12H2,1H3,(H,21,23). The minimum atomic E-state index is -0.145. The average Bonchev–Trinajstić information content (AvgIpc) is 3.33. The smallest absolute Gasteiger partial charge is 0.227 e. The van der Waals surface area contributed by atoms with Crippen molar-refractivity contribution in [2.24, 2.45) is 0 Å². The van der Waals surface area contributed by atoms with Gasteiger partial charge in [-0.25, -0.2) is 0 Å². The van der Waals surface area contributed by atoms with Crippen molar-refractivity contribution in [3.05, 3.63) is 80.2 Å². The van der Waals surface area contributed by atoms with Gasteiger partial charge in [-0.3, -0.25) is 9.59 Å². The van der Waals surface area contributed by atoms with Crippen LogP contribution in [0.2, 0.25) is 0 Å². The molecule has 5 heteroatoms. The summed E-state index contributed by atoms with van der Waals surface area (Å²) in [7, 11) is 0. The van der Waals surface area contributed by atoms with Crippen molar-refractivity contribution < 1.29 is 9.59 Å². The van der Waals surface area contributed by atoms with Gasteiger partial charge >= 0.3 is 0 Å². The summed E-state index contributed by atoms with van der Waals surface area (Å²) < 4.78 is 0. The van der Waals surface area contributed by atoms with Crippen LogP contribution in [0.15, 0.2) is 59.3 Å². The molecule has 0 bridgehead atoms. The molecule has 3 rings (SSSR count). The van der Waals surface area contributed by atoms with E-state index in [1.165, 1.54) is 22.7 Å². The second kappa shape index (κ2) is 8.23. The number of carbonyl (C=O) groups excluding carboxylic acids is 2. The molecule has 3 aromatic rings. The molecule has 0 saturated carbocycles. The minimum Gasteiger partial charge on any atom is -0.351 e. The summed E-state index contributed by atoms with van der Waals surface area (Å²) in [6.07, 6.45) is 0.752. The largest absolute Gasteiger partial charge is 0.351 e. The third kappa shape index (κ3) is 4.24. The van der Waals surface area contributed by atoms with Crippen LogP contribution in [-0.2, 0) is 11.3 Å². The highest BCUT2D eigenvalue weighted by atomic mass is 32.1. The van der Waals surface area contributed by atoms with Crippen molar-refractivity contribution in [2.75, 3.05) is 0 Å². The van der Waals surface area contributed by atoms with E-state index in [1.54, 1.807) is 0 Å². The number of benzene rings is 1. The van der Waals surface area contributed by atoms with Crippen molar-refractivity contribution in [1.29, 1.82) is 0 Å². The van der Waals surface area contributed by atoms with E-state index in [-0.39, 0.29) is 17.6 Å². The summed E-state index contributed by atoms with van der Waals surface area (Å²) >= 11 is 2.95. The average molecular weight is 370 g/mol. The molecule has 1 amide bonds. The van der Waals surface area contributed by atoms with E-state index in [0.29, 0.717) is 11.4 Å². The molecule has 2 aromatic heterocycles. The van der Waals surface area contributed by atoms with Gasteiger partial charge in [-0.1, -0.05) is 37.3 Å². The molecule has 0 fully saturated rings. The Hall–Kier alpha value is -2.24. The predicted molar refractivity (Wildman–Crippen MR) is 103 cm³/mol. The number of nitrogens with one attached hydrogen (secondary N) is 1. The van der Waals surface area contributed by atoms with Crippen molar-refractivity contribution in [3.63, 3.8) is 0 Å². The van der Waals surface area contributed by atoms with E-state index in [0.717, 1.165) is 22.4 Å². The normalized spacial score (nSPS) is 11.9. The Morgan fingerprint density at radius 1 is 1.08 bits per heavy atom. The van der Waals surface area contributed by atoms with E-state index in [1.807, 2.05) is 66.2 Å². The van der Waals surface area contributed by atoms with Crippen molar-refractivity contribution in [3.8, 4) is 0 Å². The van der Waals surface area contributed by atoms with E-state index in [9.17, 15) is 9.59 Å². The van der Waals surface area contributed by atoms with Crippen LogP contribution >= 0.6 is 22.7 Å². The van der Waals surface area contributed by atoms with E-state index < -0.39 is 0 Å². The molecule has 0 aliphatic heterocycles. The number of rotatable bonds is 7. The predicted octanol–water partition coefficient (Wildman–Crippen LogP) is 4.85. The third-order valence-electron chi connectivity index (χ3n) is 4.03. The Balaban J connectivity index is 1.62. The first-order chi connectivity index (χ1) is 12.2. The zero-order valence-corrected chi connectivity index (χ0v) is 15.5. The number of thiophene rings is 2. The number of carbonyl (C=O) groups is 2. The van der Waals surface area contributed by atoms with Crippen LogP contribution in [0.5, 0.6) is 0 Å². The van der Waals surface area contributed by atoms with Gasteiger partial charge in [0.05, 0.1) is 17.3 Å². The lowest BCUT2D eigenvalue weighted by molar-refractivity contribution is -0.122. The molecule has 1 unspecified atom stereocenters. The van der Waals surface area contributed by atoms with E-state index in [2.05, 4.69) is 5.32 Å². The second-order valence-corrected chi connectivity index (χ2v) is 7.64. The van der Waals surface area contributed by atoms with Crippen LogP contribution in [0.4, 0.5) is 0 Å². The van der Waals surface area contributed by atoms with Gasteiger partial charge in [0.15, 0.2) is 0 Å². The topological polar surface area (TPSA) is 46.2 Å². The van der Waals surface area contributed by atoms with Gasteiger partial charge in [0.2, 0.25) is 11.7 Å². The Kier molecular flexibility index (Phi) is 5.79. The second-order valence-electron chi connectivity index (χ2n) is 5.70. The van der Waals surface area contributed by atoms with Gasteiger partial charge in [0.1, 0.15) is 0 Å². The minimum absolute atomic E-state index is 0.0211. The molecule has 128 valence electrons. The first kappa shape index (κ1) is 17.6. The molecule has 0 radical (unpaired) electrons. The monoisotopic (exact) mass is 369 g/mol. The number of hydrogen-bond donors (Lipinski definition) is 1. The van der Waals surface area contributed by atoms with Crippen LogP contribution in [0, 0.1) is 0 Å². The molecular formula is C20H19NO2S2. The zero-order chi connectivity index (χ0) is 17.6. The summed E-state index contributed by atoms with van der Waals surface area (Å²) in [6.45, 7) is 2.46. The fourth-order valence-corrected chi connectivity index (χ4v) is 4.23. The lowest BCUT2D eigenvalue weighted by Crippen LogP contribution is -2.28. The third-order valence-corrected chi connectivity index (χ3v) is 5.80. The SMILES string of the molecule is CCC(C(=O)NCc1ccc(C(=O)c2ccsc2)s1)c1ccccc1. The molecule has 25 heavy (non-hydrogen) atoms. The maximum absolute atomic E-state index is 12.5. The Morgan fingerprint density at radius 3 is 2.56 bits per heavy atom. The Bertz CT molecular complexity index is 838. The summed E-state index contributed by atoms with van der Waals surface area (Å²) in [5.74, 6) is -0.0829. The Labute approximate surface area is 155 Å². The highest BCUT2D eigenvalue weighted by Crippen LogP contribution is 2.23. The van der Waals surface area contributed by atoms with Crippen molar-refractivity contribution in [1.82, 2.24) is 5.32 Å². The maximum Gasteiger partial charge on any atom is 0.227 e. The van der Waals surface area contributed by atoms with Gasteiger partial charge in [-0.05, 0) is 35.6 Å². The molecular weight excluding hydrogens is 350 g/mol. The van der Waals surface area contributed by atoms with Crippen LogP contribution in [0.1, 0.15) is 44.9 Å². The molecule has 1 N–H and O–H groups in total. The summed E-state index contributed by atoms with van der Waals surface area (Å²) in [5, 5.41) is 6.75. The molecule has 3 nitrogen and oxygen atoms in total. The molecule has 1 aromatic carbocycles. The van der Waals surface area contributed by atoms with Crippen LogP contribution in [0.25, 0.3) is 0 Å². The lowest BCUT2D eigenvalue weighted by atomic mass is 9.96. The van der Waals surface area contributed by atoms with Gasteiger partial charge < -0.3 is 5.32 Å². The quantitative estimate of drug-likeness (QED) is 0.605. The van der Waals surface area contributed by atoms with Crippen LogP contribution in [-0.4, -0.2) is 11.7 Å². The first-order valence-electron chi connectivity index (χ1n) is 8.17. The molecule has 2 heterocycles. The molecule has 0 saturated heterocycles. The van der Waals surface area contributed by atoms with Crippen LogP contribution in [0.3, 0.4) is 0 Å². The summed E-state index contributed by atoms with van der Waals surface area (Å²) in [6, 6.07) is 15.4. The number of hydrogen-bond acceptors (Lipinski definition) is 4.